The Labute approximate surface area is 167 Å². The van der Waals surface area contributed by atoms with Crippen LogP contribution in [0.4, 0.5) is 0 Å². The SMILES string of the molecule is [B]=C1C(C(N)=O)=C(O)CC2CC3=Cc4c(C(C)=O)ccc(O)c4C(=O)C3C(O)C12. The van der Waals surface area contributed by atoms with Crippen LogP contribution in [-0.4, -0.2) is 51.8 Å². The molecule has 4 atom stereocenters. The van der Waals surface area contributed by atoms with E-state index >= 15 is 0 Å². The molecule has 1 aromatic rings. The van der Waals surface area contributed by atoms with E-state index in [0.717, 1.165) is 0 Å². The molecule has 0 heterocycles. The number of phenolic OH excluding ortho intramolecular Hbond substituents is 1. The Morgan fingerprint density at radius 3 is 2.52 bits per heavy atom. The third-order valence-electron chi connectivity index (χ3n) is 6.21. The van der Waals surface area contributed by atoms with Crippen LogP contribution in [0.5, 0.6) is 5.75 Å². The predicted molar refractivity (Wildman–Crippen MR) is 106 cm³/mol. The molecule has 1 aromatic carbocycles. The summed E-state index contributed by atoms with van der Waals surface area (Å²) in [5, 5.41) is 31.5. The number of aliphatic hydroxyl groups is 2. The van der Waals surface area contributed by atoms with Crippen LogP contribution in [-0.2, 0) is 4.79 Å². The Kier molecular flexibility index (Phi) is 4.35. The van der Waals surface area contributed by atoms with Crippen molar-refractivity contribution in [3.8, 4) is 5.75 Å². The molecule has 0 bridgehead atoms. The van der Waals surface area contributed by atoms with Crippen LogP contribution < -0.4 is 5.73 Å². The van der Waals surface area contributed by atoms with E-state index in [2.05, 4.69) is 0 Å². The van der Waals surface area contributed by atoms with Gasteiger partial charge in [-0.2, -0.15) is 0 Å². The summed E-state index contributed by atoms with van der Waals surface area (Å²) in [5.41, 5.74) is 6.33. The van der Waals surface area contributed by atoms with E-state index in [4.69, 9.17) is 13.2 Å². The first-order chi connectivity index (χ1) is 13.6. The van der Waals surface area contributed by atoms with Gasteiger partial charge < -0.3 is 0 Å². The van der Waals surface area contributed by atoms with Gasteiger partial charge in [-0.25, -0.2) is 0 Å². The third kappa shape index (κ3) is 2.70. The van der Waals surface area contributed by atoms with Gasteiger partial charge in [-0.1, -0.05) is 0 Å². The number of Topliss-reactive ketones (excluding diaryl/α,β-unsaturated/α-hetero) is 2. The van der Waals surface area contributed by atoms with E-state index in [1.165, 1.54) is 19.1 Å². The molecular formula is C21H19BNO6. The molecular weight excluding hydrogens is 373 g/mol. The van der Waals surface area contributed by atoms with Crippen LogP contribution in [0.2, 0.25) is 0 Å². The molecule has 5 N–H and O–H groups in total. The number of benzene rings is 1. The van der Waals surface area contributed by atoms with Gasteiger partial charge in [-0.3, -0.25) is 0 Å². The predicted octanol–water partition coefficient (Wildman–Crippen LogP) is 0.830. The van der Waals surface area contributed by atoms with Crippen molar-refractivity contribution in [3.05, 3.63) is 45.7 Å². The maximum absolute atomic E-state index is 13.2. The van der Waals surface area contributed by atoms with E-state index in [0.29, 0.717) is 23.1 Å². The summed E-state index contributed by atoms with van der Waals surface area (Å²) in [7, 11) is 6.08. The number of allylic oxidation sites excluding steroid dienone is 1. The van der Waals surface area contributed by atoms with Gasteiger partial charge in [0.15, 0.2) is 0 Å². The van der Waals surface area contributed by atoms with Crippen molar-refractivity contribution in [2.75, 3.05) is 0 Å². The second-order valence-electron chi connectivity index (χ2n) is 7.86. The van der Waals surface area contributed by atoms with Crippen LogP contribution in [0.3, 0.4) is 0 Å². The molecule has 3 aliphatic carbocycles. The number of amides is 1. The number of carbonyl (C=O) groups excluding carboxylic acids is 3. The van der Waals surface area contributed by atoms with Crippen molar-refractivity contribution in [2.45, 2.75) is 25.9 Å². The quantitative estimate of drug-likeness (QED) is 0.435. The number of carbonyl (C=O) groups is 3. The summed E-state index contributed by atoms with van der Waals surface area (Å²) in [5.74, 6) is -4.18. The molecule has 1 radical (unpaired) electrons. The molecule has 3 aliphatic rings. The molecule has 1 amide bonds. The fourth-order valence-corrected chi connectivity index (χ4v) is 5.00. The van der Waals surface area contributed by atoms with Crippen LogP contribution >= 0.6 is 0 Å². The van der Waals surface area contributed by atoms with Crippen molar-refractivity contribution in [2.24, 2.45) is 23.5 Å². The van der Waals surface area contributed by atoms with E-state index < -0.39 is 29.6 Å². The number of rotatable bonds is 2. The zero-order valence-electron chi connectivity index (χ0n) is 15.7. The normalized spacial score (nSPS) is 28.2. The number of primary amides is 1. The van der Waals surface area contributed by atoms with Crippen molar-refractivity contribution in [1.82, 2.24) is 0 Å². The first-order valence-electron chi connectivity index (χ1n) is 9.27. The topological polar surface area (TPSA) is 138 Å². The molecule has 4 rings (SSSR count). The Morgan fingerprint density at radius 2 is 1.90 bits per heavy atom. The van der Waals surface area contributed by atoms with Crippen molar-refractivity contribution in [1.29, 1.82) is 0 Å². The number of hydrogen-bond donors (Lipinski definition) is 4. The van der Waals surface area contributed by atoms with Crippen molar-refractivity contribution < 1.29 is 29.7 Å². The molecule has 147 valence electrons. The Hall–Kier alpha value is -3.00. The molecule has 7 nitrogen and oxygen atoms in total. The summed E-state index contributed by atoms with van der Waals surface area (Å²) < 4.78 is 0. The van der Waals surface area contributed by atoms with E-state index in [1.807, 2.05) is 0 Å². The molecule has 1 saturated carbocycles. The van der Waals surface area contributed by atoms with Gasteiger partial charge in [-0.05, 0) is 0 Å². The fourth-order valence-electron chi connectivity index (χ4n) is 5.00. The molecule has 0 spiro atoms. The Morgan fingerprint density at radius 1 is 1.21 bits per heavy atom. The zero-order chi connectivity index (χ0) is 21.2. The summed E-state index contributed by atoms with van der Waals surface area (Å²) in [6, 6.07) is 2.75. The van der Waals surface area contributed by atoms with Crippen molar-refractivity contribution in [3.63, 3.8) is 0 Å². The average Bonchev–Trinajstić information content (AvgIpc) is 2.60. The van der Waals surface area contributed by atoms with Gasteiger partial charge in [0, 0.05) is 0 Å². The number of fused-ring (bicyclic) bond motifs is 3. The van der Waals surface area contributed by atoms with Gasteiger partial charge in [0.05, 0.1) is 0 Å². The van der Waals surface area contributed by atoms with Gasteiger partial charge in [-0.15, -0.1) is 0 Å². The van der Waals surface area contributed by atoms with Crippen LogP contribution in [0, 0.1) is 17.8 Å². The maximum atomic E-state index is 13.2. The summed E-state index contributed by atoms with van der Waals surface area (Å²) >= 11 is 0. The molecule has 0 aromatic heterocycles. The number of aliphatic hydroxyl groups excluding tert-OH is 2. The molecule has 8 heteroatoms. The molecule has 4 unspecified atom stereocenters. The Balaban J connectivity index is 1.85. The fraction of sp³-hybridized carbons (Fsp3) is 0.333. The van der Waals surface area contributed by atoms with Crippen LogP contribution in [0.1, 0.15) is 46.0 Å². The number of phenols is 1. The average molecular weight is 392 g/mol. The zero-order valence-corrected chi connectivity index (χ0v) is 15.7. The van der Waals surface area contributed by atoms with E-state index in [9.17, 15) is 29.7 Å². The van der Waals surface area contributed by atoms with Crippen molar-refractivity contribution >= 4 is 36.5 Å². The molecule has 0 saturated heterocycles. The van der Waals surface area contributed by atoms with Gasteiger partial charge >= 0.3 is 167 Å². The first-order valence-corrected chi connectivity index (χ1v) is 9.27. The van der Waals surface area contributed by atoms with Gasteiger partial charge in [0.1, 0.15) is 0 Å². The second kappa shape index (κ2) is 6.52. The third-order valence-corrected chi connectivity index (χ3v) is 6.21. The van der Waals surface area contributed by atoms with Gasteiger partial charge in [0.25, 0.3) is 0 Å². The minimum atomic E-state index is -1.26. The monoisotopic (exact) mass is 392 g/mol. The van der Waals surface area contributed by atoms with E-state index in [1.54, 1.807) is 6.08 Å². The second-order valence-corrected chi connectivity index (χ2v) is 7.86. The summed E-state index contributed by atoms with van der Waals surface area (Å²) in [6.45, 7) is 1.37. The standard InChI is InChI=1S/C21H19BNO6/c1-7(24)10-2-3-12(25)16-11(10)5-8-4-9-6-13(26)17(21(23)29)18(22)14(9)19(27)15(8)20(16)28/h2-3,5,9,14-15,19,25-27H,4,6H2,1H3,(H2,23,29). The minimum absolute atomic E-state index is 0.00755. The number of nitrogens with two attached hydrogens (primary N) is 1. The van der Waals surface area contributed by atoms with Crippen LogP contribution in [0.25, 0.3) is 6.08 Å². The summed E-state index contributed by atoms with van der Waals surface area (Å²) in [6.07, 6.45) is 0.827. The number of ketones is 2. The van der Waals surface area contributed by atoms with Gasteiger partial charge in [0.2, 0.25) is 0 Å². The number of aromatic hydroxyl groups is 1. The number of hydrogen-bond acceptors (Lipinski definition) is 6. The molecule has 29 heavy (non-hydrogen) atoms. The first kappa shape index (κ1) is 19.3. The van der Waals surface area contributed by atoms with E-state index in [-0.39, 0.29) is 46.2 Å². The molecule has 0 aliphatic heterocycles. The van der Waals surface area contributed by atoms with Crippen LogP contribution in [0.15, 0.2) is 29.0 Å². The Bertz CT molecular complexity index is 1070. The molecule has 1 fully saturated rings. The summed E-state index contributed by atoms with van der Waals surface area (Å²) in [4.78, 5) is 36.9.